The molecule has 0 saturated heterocycles. The minimum absolute atomic E-state index is 0.00750. The third-order valence-corrected chi connectivity index (χ3v) is 2.86. The van der Waals surface area contributed by atoms with Gasteiger partial charge < -0.3 is 4.90 Å². The van der Waals surface area contributed by atoms with Crippen LogP contribution in [0.15, 0.2) is 24.3 Å². The van der Waals surface area contributed by atoms with Gasteiger partial charge in [-0.1, -0.05) is 50.6 Å². The Hall–Kier alpha value is -1.52. The van der Waals surface area contributed by atoms with E-state index in [0.717, 1.165) is 16.0 Å². The maximum atomic E-state index is 12.6. The van der Waals surface area contributed by atoms with E-state index in [1.54, 1.807) is 12.1 Å². The van der Waals surface area contributed by atoms with Crippen molar-refractivity contribution in [1.29, 1.82) is 0 Å². The maximum Gasteiger partial charge on any atom is 0.406 e. The van der Waals surface area contributed by atoms with E-state index in [4.69, 9.17) is 0 Å². The van der Waals surface area contributed by atoms with Crippen LogP contribution in [0.25, 0.3) is 0 Å². The molecule has 0 unspecified atom stereocenters. The van der Waals surface area contributed by atoms with Crippen molar-refractivity contribution < 1.29 is 18.0 Å². The fourth-order valence-corrected chi connectivity index (χ4v) is 2.01. The fraction of sp³-hybridized carbons (Fsp3) is 0.562. The van der Waals surface area contributed by atoms with Crippen LogP contribution in [0, 0.1) is 12.3 Å². The largest absolute Gasteiger partial charge is 0.406 e. The molecule has 0 saturated carbocycles. The van der Waals surface area contributed by atoms with Crippen molar-refractivity contribution in [2.45, 2.75) is 40.3 Å². The summed E-state index contributed by atoms with van der Waals surface area (Å²) in [5.41, 5.74) is 1.40. The number of nitrogens with zero attached hydrogens (tertiary/aromatic N) is 1. The minimum atomic E-state index is -4.38. The number of hydrogen-bond donors (Lipinski definition) is 0. The Kier molecular flexibility index (Phi) is 5.42. The summed E-state index contributed by atoms with van der Waals surface area (Å²) in [5, 5.41) is 0. The van der Waals surface area contributed by atoms with E-state index < -0.39 is 18.6 Å². The second kappa shape index (κ2) is 6.50. The molecule has 1 aromatic rings. The molecule has 0 bridgehead atoms. The summed E-state index contributed by atoms with van der Waals surface area (Å²) in [5.74, 6) is -0.494. The molecule has 0 aliphatic rings. The van der Waals surface area contributed by atoms with Gasteiger partial charge in [0.1, 0.15) is 6.54 Å². The van der Waals surface area contributed by atoms with Crippen LogP contribution >= 0.6 is 0 Å². The standard InChI is InChI=1S/C16H22F3NO/c1-12-5-7-13(8-6-12)9-14(21)20(10-15(2,3)4)11-16(17,18)19/h5-8H,9-11H2,1-4H3. The smallest absolute Gasteiger partial charge is 0.333 e. The first-order valence-electron chi connectivity index (χ1n) is 6.86. The number of aryl methyl sites for hydroxylation is 1. The van der Waals surface area contributed by atoms with E-state index in [1.165, 1.54) is 0 Å². The molecule has 0 fully saturated rings. The first kappa shape index (κ1) is 17.5. The summed E-state index contributed by atoms with van der Waals surface area (Å²) in [6, 6.07) is 7.24. The Morgan fingerprint density at radius 3 is 2.00 bits per heavy atom. The number of carbonyl (C=O) groups is 1. The summed E-state index contributed by atoms with van der Waals surface area (Å²) in [7, 11) is 0. The normalized spacial score (nSPS) is 12.3. The van der Waals surface area contributed by atoms with Crippen LogP contribution in [0.3, 0.4) is 0 Å². The lowest BCUT2D eigenvalue weighted by Crippen LogP contribution is -2.44. The second-order valence-electron chi connectivity index (χ2n) is 6.59. The molecule has 1 amide bonds. The van der Waals surface area contributed by atoms with Crippen LogP contribution in [0.5, 0.6) is 0 Å². The Balaban J connectivity index is 2.81. The van der Waals surface area contributed by atoms with Gasteiger partial charge in [0.15, 0.2) is 0 Å². The van der Waals surface area contributed by atoms with Gasteiger partial charge in [-0.25, -0.2) is 0 Å². The van der Waals surface area contributed by atoms with Gasteiger partial charge >= 0.3 is 6.18 Å². The molecule has 0 spiro atoms. The van der Waals surface area contributed by atoms with Gasteiger partial charge in [0.25, 0.3) is 0 Å². The van der Waals surface area contributed by atoms with Crippen molar-refractivity contribution in [2.24, 2.45) is 5.41 Å². The monoisotopic (exact) mass is 301 g/mol. The molecule has 0 aliphatic carbocycles. The van der Waals surface area contributed by atoms with Crippen LogP contribution in [-0.4, -0.2) is 30.1 Å². The first-order chi connectivity index (χ1) is 9.46. The van der Waals surface area contributed by atoms with E-state index in [1.807, 2.05) is 39.8 Å². The molecule has 0 radical (unpaired) electrons. The van der Waals surface area contributed by atoms with E-state index >= 15 is 0 Å². The van der Waals surface area contributed by atoms with Crippen LogP contribution < -0.4 is 0 Å². The van der Waals surface area contributed by atoms with Crippen molar-refractivity contribution in [3.8, 4) is 0 Å². The maximum absolute atomic E-state index is 12.6. The highest BCUT2D eigenvalue weighted by atomic mass is 19.4. The summed E-state index contributed by atoms with van der Waals surface area (Å²) in [4.78, 5) is 13.1. The summed E-state index contributed by atoms with van der Waals surface area (Å²) < 4.78 is 37.9. The Morgan fingerprint density at radius 2 is 1.57 bits per heavy atom. The zero-order valence-electron chi connectivity index (χ0n) is 12.9. The van der Waals surface area contributed by atoms with Gasteiger partial charge in [0, 0.05) is 6.54 Å². The highest BCUT2D eigenvalue weighted by Crippen LogP contribution is 2.22. The summed E-state index contributed by atoms with van der Waals surface area (Å²) >= 11 is 0. The third kappa shape index (κ3) is 7.16. The molecule has 0 heterocycles. The van der Waals surface area contributed by atoms with E-state index in [-0.39, 0.29) is 18.4 Å². The molecule has 1 aromatic carbocycles. The molecule has 0 aliphatic heterocycles. The second-order valence-corrected chi connectivity index (χ2v) is 6.59. The van der Waals surface area contributed by atoms with Crippen molar-refractivity contribution >= 4 is 5.91 Å². The van der Waals surface area contributed by atoms with E-state index in [2.05, 4.69) is 0 Å². The summed E-state index contributed by atoms with van der Waals surface area (Å²) in [6.07, 6.45) is -4.39. The third-order valence-electron chi connectivity index (χ3n) is 2.86. The first-order valence-corrected chi connectivity index (χ1v) is 6.86. The SMILES string of the molecule is Cc1ccc(CC(=O)N(CC(C)(C)C)CC(F)(F)F)cc1. The molecule has 1 rings (SSSR count). The number of benzene rings is 1. The highest BCUT2D eigenvalue weighted by molar-refractivity contribution is 5.78. The Labute approximate surface area is 123 Å². The van der Waals surface area contributed by atoms with Crippen molar-refractivity contribution in [2.75, 3.05) is 13.1 Å². The number of halogens is 3. The van der Waals surface area contributed by atoms with Gasteiger partial charge in [-0.3, -0.25) is 4.79 Å². The zero-order valence-corrected chi connectivity index (χ0v) is 12.9. The van der Waals surface area contributed by atoms with Crippen LogP contribution in [0.2, 0.25) is 0 Å². The Bertz CT molecular complexity index is 456. The molecule has 118 valence electrons. The van der Waals surface area contributed by atoms with Crippen LogP contribution in [0.4, 0.5) is 13.2 Å². The number of carbonyl (C=O) groups excluding carboxylic acids is 1. The number of alkyl halides is 3. The number of hydrogen-bond acceptors (Lipinski definition) is 1. The summed E-state index contributed by atoms with van der Waals surface area (Å²) in [6.45, 7) is 6.24. The molecule has 5 heteroatoms. The zero-order chi connectivity index (χ0) is 16.3. The quantitative estimate of drug-likeness (QED) is 0.824. The van der Waals surface area contributed by atoms with E-state index in [0.29, 0.717) is 0 Å². The average molecular weight is 301 g/mol. The predicted molar refractivity (Wildman–Crippen MR) is 77.0 cm³/mol. The van der Waals surface area contributed by atoms with Crippen molar-refractivity contribution in [1.82, 2.24) is 4.90 Å². The molecule has 2 nitrogen and oxygen atoms in total. The number of amides is 1. The van der Waals surface area contributed by atoms with E-state index in [9.17, 15) is 18.0 Å². The molecule has 0 N–H and O–H groups in total. The number of rotatable bonds is 4. The lowest BCUT2D eigenvalue weighted by molar-refractivity contribution is -0.163. The van der Waals surface area contributed by atoms with Gasteiger partial charge in [0.2, 0.25) is 5.91 Å². The molecule has 0 atom stereocenters. The molecule has 0 aromatic heterocycles. The van der Waals surface area contributed by atoms with Crippen molar-refractivity contribution in [3.63, 3.8) is 0 Å². The molecular weight excluding hydrogens is 279 g/mol. The fourth-order valence-electron chi connectivity index (χ4n) is 2.01. The molecular formula is C16H22F3NO. The predicted octanol–water partition coefficient (Wildman–Crippen LogP) is 3.97. The van der Waals surface area contributed by atoms with Crippen molar-refractivity contribution in [3.05, 3.63) is 35.4 Å². The topological polar surface area (TPSA) is 20.3 Å². The van der Waals surface area contributed by atoms with Crippen LogP contribution in [-0.2, 0) is 11.2 Å². The lowest BCUT2D eigenvalue weighted by Gasteiger charge is -2.30. The lowest BCUT2D eigenvalue weighted by atomic mass is 9.95. The van der Waals surface area contributed by atoms with Crippen LogP contribution in [0.1, 0.15) is 31.9 Å². The Morgan fingerprint density at radius 1 is 1.05 bits per heavy atom. The van der Waals surface area contributed by atoms with Gasteiger partial charge in [-0.2, -0.15) is 13.2 Å². The molecule has 21 heavy (non-hydrogen) atoms. The highest BCUT2D eigenvalue weighted by Gasteiger charge is 2.34. The van der Waals surface area contributed by atoms with Gasteiger partial charge in [0.05, 0.1) is 6.42 Å². The minimum Gasteiger partial charge on any atom is -0.333 e. The average Bonchev–Trinajstić information content (AvgIpc) is 2.27. The van der Waals surface area contributed by atoms with Gasteiger partial charge in [-0.05, 0) is 17.9 Å². The van der Waals surface area contributed by atoms with Gasteiger partial charge in [-0.15, -0.1) is 0 Å².